The third-order valence-electron chi connectivity index (χ3n) is 3.74. The van der Waals surface area contributed by atoms with Gasteiger partial charge in [-0.05, 0) is 53.6 Å². The van der Waals surface area contributed by atoms with Gasteiger partial charge in [0, 0.05) is 8.95 Å². The fourth-order valence-corrected chi connectivity index (χ4v) is 4.08. The summed E-state index contributed by atoms with van der Waals surface area (Å²) in [5.41, 5.74) is 3.79. The minimum absolute atomic E-state index is 0.410. The van der Waals surface area contributed by atoms with E-state index < -0.39 is 6.10 Å². The van der Waals surface area contributed by atoms with Crippen LogP contribution in [0.1, 0.15) is 35.1 Å². The van der Waals surface area contributed by atoms with Crippen LogP contribution in [0, 0.1) is 0 Å². The van der Waals surface area contributed by atoms with Gasteiger partial charge in [-0.1, -0.05) is 56.1 Å². The smallest absolute Gasteiger partial charge is 0.0796 e. The van der Waals surface area contributed by atoms with Crippen LogP contribution in [0.4, 0.5) is 0 Å². The van der Waals surface area contributed by atoms with Crippen LogP contribution in [0.25, 0.3) is 0 Å². The number of benzene rings is 2. The maximum Gasteiger partial charge on any atom is 0.0796 e. The van der Waals surface area contributed by atoms with Gasteiger partial charge in [0.2, 0.25) is 0 Å². The highest BCUT2D eigenvalue weighted by molar-refractivity contribution is 9.11. The number of aliphatic hydroxyl groups excluding tert-OH is 1. The summed E-state index contributed by atoms with van der Waals surface area (Å²) in [5.74, 6) is 0.490. The van der Waals surface area contributed by atoms with Gasteiger partial charge in [0.15, 0.2) is 0 Å². The molecule has 0 heterocycles. The molecule has 0 radical (unpaired) electrons. The first-order chi connectivity index (χ1) is 9.13. The Balaban J connectivity index is 1.74. The number of hydrogen-bond acceptors (Lipinski definition) is 1. The monoisotopic (exact) mass is 380 g/mol. The first kappa shape index (κ1) is 13.3. The van der Waals surface area contributed by atoms with Crippen molar-refractivity contribution in [2.45, 2.75) is 24.9 Å². The van der Waals surface area contributed by atoms with Crippen LogP contribution in [-0.2, 0) is 6.42 Å². The number of halogens is 2. The fourth-order valence-electron chi connectivity index (χ4n) is 2.75. The number of fused-ring (bicyclic) bond motifs is 1. The van der Waals surface area contributed by atoms with Crippen molar-refractivity contribution in [1.29, 1.82) is 0 Å². The fraction of sp³-hybridized carbons (Fsp3) is 0.250. The summed E-state index contributed by atoms with van der Waals surface area (Å²) >= 11 is 6.93. The van der Waals surface area contributed by atoms with E-state index in [1.54, 1.807) is 0 Å². The summed E-state index contributed by atoms with van der Waals surface area (Å²) in [6.07, 6.45) is 1.47. The molecule has 3 heteroatoms. The number of hydrogen-bond donors (Lipinski definition) is 1. The van der Waals surface area contributed by atoms with Crippen LogP contribution in [0.15, 0.2) is 51.4 Å². The lowest BCUT2D eigenvalue weighted by Crippen LogP contribution is -2.19. The van der Waals surface area contributed by atoms with Crippen LogP contribution >= 0.6 is 31.9 Å². The van der Waals surface area contributed by atoms with Crippen LogP contribution < -0.4 is 0 Å². The van der Waals surface area contributed by atoms with Gasteiger partial charge in [0.25, 0.3) is 0 Å². The zero-order valence-corrected chi connectivity index (χ0v) is 13.5. The van der Waals surface area contributed by atoms with Gasteiger partial charge in [0.1, 0.15) is 0 Å². The molecule has 0 aliphatic heterocycles. The van der Waals surface area contributed by atoms with E-state index in [1.807, 2.05) is 18.2 Å². The molecule has 2 unspecified atom stereocenters. The normalized spacial score (nSPS) is 18.6. The molecule has 0 saturated heterocycles. The van der Waals surface area contributed by atoms with E-state index in [1.165, 1.54) is 11.1 Å². The lowest BCUT2D eigenvalue weighted by Gasteiger charge is -2.31. The van der Waals surface area contributed by atoms with Crippen molar-refractivity contribution in [3.05, 3.63) is 68.1 Å². The van der Waals surface area contributed by atoms with E-state index in [4.69, 9.17) is 0 Å². The van der Waals surface area contributed by atoms with Crippen molar-refractivity contribution in [2.75, 3.05) is 0 Å². The lowest BCUT2D eigenvalue weighted by atomic mass is 9.74. The number of rotatable bonds is 3. The highest BCUT2D eigenvalue weighted by Crippen LogP contribution is 2.41. The second-order valence-electron chi connectivity index (χ2n) is 5.05. The molecule has 0 fully saturated rings. The molecule has 0 saturated carbocycles. The Hall–Kier alpha value is -0.640. The van der Waals surface area contributed by atoms with Crippen LogP contribution in [0.5, 0.6) is 0 Å². The third-order valence-corrected chi connectivity index (χ3v) is 4.65. The van der Waals surface area contributed by atoms with Gasteiger partial charge >= 0.3 is 0 Å². The topological polar surface area (TPSA) is 20.2 Å². The summed E-state index contributed by atoms with van der Waals surface area (Å²) in [6.45, 7) is 0. The van der Waals surface area contributed by atoms with Gasteiger partial charge in [-0.25, -0.2) is 0 Å². The molecule has 2 aromatic carbocycles. The second-order valence-corrected chi connectivity index (χ2v) is 6.89. The molecule has 0 spiro atoms. The van der Waals surface area contributed by atoms with Gasteiger partial charge in [-0.2, -0.15) is 0 Å². The van der Waals surface area contributed by atoms with E-state index >= 15 is 0 Å². The Kier molecular flexibility index (Phi) is 3.79. The standard InChI is InChI=1S/C16H14Br2O/c17-13-6-12(7-14(18)9-13)16(19)8-11-5-10-3-1-2-4-15(10)11/h1-4,6-7,9,11,16,19H,5,8H2. The Morgan fingerprint density at radius 1 is 1.11 bits per heavy atom. The molecule has 3 rings (SSSR count). The maximum absolute atomic E-state index is 10.4. The summed E-state index contributed by atoms with van der Waals surface area (Å²) in [7, 11) is 0. The molecule has 2 aromatic rings. The second kappa shape index (κ2) is 5.39. The highest BCUT2D eigenvalue weighted by atomic mass is 79.9. The molecule has 1 nitrogen and oxygen atoms in total. The molecule has 2 atom stereocenters. The van der Waals surface area contributed by atoms with Crippen molar-refractivity contribution in [1.82, 2.24) is 0 Å². The Labute approximate surface area is 129 Å². The van der Waals surface area contributed by atoms with Crippen molar-refractivity contribution < 1.29 is 5.11 Å². The van der Waals surface area contributed by atoms with Crippen molar-refractivity contribution in [2.24, 2.45) is 0 Å². The average molecular weight is 382 g/mol. The zero-order valence-electron chi connectivity index (χ0n) is 10.3. The van der Waals surface area contributed by atoms with E-state index in [9.17, 15) is 5.11 Å². The van der Waals surface area contributed by atoms with Crippen molar-refractivity contribution in [3.63, 3.8) is 0 Å². The van der Waals surface area contributed by atoms with Crippen LogP contribution in [-0.4, -0.2) is 5.11 Å². The lowest BCUT2D eigenvalue weighted by molar-refractivity contribution is 0.153. The maximum atomic E-state index is 10.4. The van der Waals surface area contributed by atoms with E-state index in [0.717, 1.165) is 27.4 Å². The number of aliphatic hydroxyl groups is 1. The van der Waals surface area contributed by atoms with Gasteiger partial charge in [0.05, 0.1) is 6.10 Å². The molecule has 1 N–H and O–H groups in total. The molecular formula is C16H14Br2O. The van der Waals surface area contributed by atoms with E-state index in [-0.39, 0.29) is 0 Å². The van der Waals surface area contributed by atoms with Gasteiger partial charge in [-0.3, -0.25) is 0 Å². The predicted molar refractivity (Wildman–Crippen MR) is 84.3 cm³/mol. The third kappa shape index (κ3) is 2.78. The highest BCUT2D eigenvalue weighted by Gasteiger charge is 2.27. The molecule has 0 aromatic heterocycles. The molecule has 1 aliphatic rings. The van der Waals surface area contributed by atoms with Crippen molar-refractivity contribution in [3.8, 4) is 0 Å². The Morgan fingerprint density at radius 3 is 2.47 bits per heavy atom. The minimum Gasteiger partial charge on any atom is -0.388 e. The minimum atomic E-state index is -0.410. The molecule has 1 aliphatic carbocycles. The van der Waals surface area contributed by atoms with Crippen LogP contribution in [0.2, 0.25) is 0 Å². The molecule has 0 amide bonds. The largest absolute Gasteiger partial charge is 0.388 e. The van der Waals surface area contributed by atoms with Crippen LogP contribution in [0.3, 0.4) is 0 Å². The summed E-state index contributed by atoms with van der Waals surface area (Å²) in [4.78, 5) is 0. The zero-order chi connectivity index (χ0) is 13.4. The quantitative estimate of drug-likeness (QED) is 0.795. The predicted octanol–water partition coefficient (Wildman–Crippen LogP) is 4.98. The summed E-state index contributed by atoms with van der Waals surface area (Å²) in [5, 5.41) is 10.4. The molecule has 19 heavy (non-hydrogen) atoms. The first-order valence-corrected chi connectivity index (χ1v) is 7.94. The average Bonchev–Trinajstić information content (AvgIpc) is 2.34. The SMILES string of the molecule is OC(CC1Cc2ccccc21)c1cc(Br)cc(Br)c1. The Morgan fingerprint density at radius 2 is 1.79 bits per heavy atom. The summed E-state index contributed by atoms with van der Waals surface area (Å²) < 4.78 is 1.98. The summed E-state index contributed by atoms with van der Waals surface area (Å²) in [6, 6.07) is 14.5. The molecular weight excluding hydrogens is 368 g/mol. The van der Waals surface area contributed by atoms with E-state index in [0.29, 0.717) is 5.92 Å². The van der Waals surface area contributed by atoms with E-state index in [2.05, 4.69) is 56.1 Å². The van der Waals surface area contributed by atoms with Gasteiger partial charge in [-0.15, -0.1) is 0 Å². The molecule has 0 bridgehead atoms. The van der Waals surface area contributed by atoms with Gasteiger partial charge < -0.3 is 5.11 Å². The Bertz CT molecular complexity index is 589. The first-order valence-electron chi connectivity index (χ1n) is 6.35. The van der Waals surface area contributed by atoms with Crippen molar-refractivity contribution >= 4 is 31.9 Å². The molecule has 98 valence electrons.